The van der Waals surface area contributed by atoms with Crippen LogP contribution in [0.15, 0.2) is 18.2 Å². The first-order chi connectivity index (χ1) is 12.1. The van der Waals surface area contributed by atoms with Gasteiger partial charge in [-0.15, -0.1) is 0 Å². The van der Waals surface area contributed by atoms with Gasteiger partial charge in [0.1, 0.15) is 5.82 Å². The average Bonchev–Trinajstić information content (AvgIpc) is 3.13. The maximum Gasteiger partial charge on any atom is 0.393 e. The summed E-state index contributed by atoms with van der Waals surface area (Å²) in [6.07, 6.45) is -4.39. The first-order valence-corrected chi connectivity index (χ1v) is 8.27. The van der Waals surface area contributed by atoms with E-state index in [2.05, 4.69) is 0 Å². The molecular formula is C16H15ClF4N2O3. The highest BCUT2D eigenvalue weighted by Crippen LogP contribution is 2.40. The zero-order chi connectivity index (χ0) is 19.2. The summed E-state index contributed by atoms with van der Waals surface area (Å²) >= 11 is 5.71. The summed E-state index contributed by atoms with van der Waals surface area (Å²) in [7, 11) is 0. The zero-order valence-electron chi connectivity index (χ0n) is 13.3. The second-order valence-electron chi connectivity index (χ2n) is 6.44. The summed E-state index contributed by atoms with van der Waals surface area (Å²) < 4.78 is 52.6. The van der Waals surface area contributed by atoms with E-state index in [1.807, 2.05) is 0 Å². The molecule has 0 aromatic heterocycles. The monoisotopic (exact) mass is 394 g/mol. The molecule has 0 spiro atoms. The predicted octanol–water partition coefficient (Wildman–Crippen LogP) is 2.78. The number of nitrogens with zero attached hydrogens (tertiary/aromatic N) is 2. The van der Waals surface area contributed by atoms with Crippen molar-refractivity contribution < 1.29 is 32.3 Å². The molecule has 1 unspecified atom stereocenters. The molecule has 2 aliphatic heterocycles. The van der Waals surface area contributed by atoms with Crippen LogP contribution in [-0.4, -0.2) is 53.7 Å². The Balaban J connectivity index is 1.78. The highest BCUT2D eigenvalue weighted by atomic mass is 35.5. The van der Waals surface area contributed by atoms with Gasteiger partial charge in [0.15, 0.2) is 0 Å². The summed E-state index contributed by atoms with van der Waals surface area (Å²) in [6.45, 7) is -0.640. The summed E-state index contributed by atoms with van der Waals surface area (Å²) in [4.78, 5) is 26.4. The third-order valence-electron chi connectivity index (χ3n) is 4.92. The largest absolute Gasteiger partial charge is 0.481 e. The SMILES string of the molecule is O=C(O)[C@@H]1CN(C2CCN(c3ccc(F)c(Cl)c3)C2=O)C[C@H]1C(F)(F)F. The number of likely N-dealkylation sites (tertiary alicyclic amines) is 1. The van der Waals surface area contributed by atoms with E-state index in [9.17, 15) is 27.2 Å². The van der Waals surface area contributed by atoms with Crippen LogP contribution in [0, 0.1) is 17.7 Å². The van der Waals surface area contributed by atoms with Crippen molar-refractivity contribution in [1.82, 2.24) is 4.90 Å². The Morgan fingerprint density at radius 2 is 1.96 bits per heavy atom. The van der Waals surface area contributed by atoms with Gasteiger partial charge in [-0.1, -0.05) is 11.6 Å². The standard InChI is InChI=1S/C16H15ClF4N2O3/c17-11-5-8(1-2-12(11)18)23-4-3-13(14(23)24)22-6-9(15(25)26)10(7-22)16(19,20)21/h1-2,5,9-10,13H,3-4,6-7H2,(H,25,26)/t9-,10-,13?/m1/s1. The topological polar surface area (TPSA) is 60.9 Å². The molecule has 2 fully saturated rings. The Morgan fingerprint density at radius 1 is 1.27 bits per heavy atom. The molecule has 0 radical (unpaired) electrons. The maximum atomic E-state index is 13.3. The molecule has 142 valence electrons. The van der Waals surface area contributed by atoms with Gasteiger partial charge in [0.25, 0.3) is 0 Å². The fourth-order valence-electron chi connectivity index (χ4n) is 3.58. The Bertz CT molecular complexity index is 743. The normalized spacial score (nSPS) is 27.3. The van der Waals surface area contributed by atoms with Crippen LogP contribution in [0.3, 0.4) is 0 Å². The van der Waals surface area contributed by atoms with Crippen LogP contribution in [0.5, 0.6) is 0 Å². The molecule has 1 N–H and O–H groups in total. The zero-order valence-corrected chi connectivity index (χ0v) is 14.1. The molecule has 1 aromatic carbocycles. The van der Waals surface area contributed by atoms with E-state index in [1.165, 1.54) is 21.9 Å². The van der Waals surface area contributed by atoms with Crippen molar-refractivity contribution in [1.29, 1.82) is 0 Å². The molecule has 2 heterocycles. The lowest BCUT2D eigenvalue weighted by Gasteiger charge is -2.23. The quantitative estimate of drug-likeness (QED) is 0.801. The van der Waals surface area contributed by atoms with Gasteiger partial charge in [-0.3, -0.25) is 14.5 Å². The molecule has 0 aliphatic carbocycles. The van der Waals surface area contributed by atoms with E-state index in [0.717, 1.165) is 6.07 Å². The van der Waals surface area contributed by atoms with Crippen molar-refractivity contribution in [3.05, 3.63) is 29.0 Å². The van der Waals surface area contributed by atoms with Gasteiger partial charge in [0.2, 0.25) is 5.91 Å². The van der Waals surface area contributed by atoms with Gasteiger partial charge in [0.05, 0.1) is 22.9 Å². The van der Waals surface area contributed by atoms with Crippen LogP contribution < -0.4 is 4.90 Å². The molecule has 5 nitrogen and oxygen atoms in total. The fraction of sp³-hybridized carbons (Fsp3) is 0.500. The number of anilines is 1. The van der Waals surface area contributed by atoms with Crippen LogP contribution in [0.25, 0.3) is 0 Å². The third-order valence-corrected chi connectivity index (χ3v) is 5.21. The molecule has 1 aromatic rings. The molecule has 0 bridgehead atoms. The number of halogens is 5. The van der Waals surface area contributed by atoms with Crippen LogP contribution in [0.1, 0.15) is 6.42 Å². The number of carboxylic acid groups (broad SMARTS) is 1. The Hall–Kier alpha value is -1.87. The summed E-state index contributed by atoms with van der Waals surface area (Å²) in [5.74, 6) is -6.23. The van der Waals surface area contributed by atoms with E-state index < -0.39 is 48.3 Å². The van der Waals surface area contributed by atoms with E-state index in [4.69, 9.17) is 16.7 Å². The van der Waals surface area contributed by atoms with E-state index in [0.29, 0.717) is 5.69 Å². The van der Waals surface area contributed by atoms with Gasteiger partial charge in [0, 0.05) is 25.3 Å². The van der Waals surface area contributed by atoms with Crippen molar-refractivity contribution in [2.24, 2.45) is 11.8 Å². The van der Waals surface area contributed by atoms with Gasteiger partial charge in [-0.25, -0.2) is 4.39 Å². The molecule has 3 atom stereocenters. The predicted molar refractivity (Wildman–Crippen MR) is 84.4 cm³/mol. The molecular weight excluding hydrogens is 380 g/mol. The minimum absolute atomic E-state index is 0.164. The number of hydrogen-bond donors (Lipinski definition) is 1. The molecule has 10 heteroatoms. The van der Waals surface area contributed by atoms with E-state index in [1.54, 1.807) is 0 Å². The molecule has 2 aliphatic rings. The van der Waals surface area contributed by atoms with Gasteiger partial charge in [-0.05, 0) is 24.6 Å². The van der Waals surface area contributed by atoms with Crippen LogP contribution in [-0.2, 0) is 9.59 Å². The van der Waals surface area contributed by atoms with Crippen molar-refractivity contribution in [2.75, 3.05) is 24.5 Å². The van der Waals surface area contributed by atoms with Crippen molar-refractivity contribution in [3.63, 3.8) is 0 Å². The number of benzene rings is 1. The Morgan fingerprint density at radius 3 is 2.50 bits per heavy atom. The number of hydrogen-bond acceptors (Lipinski definition) is 3. The lowest BCUT2D eigenvalue weighted by atomic mass is 9.96. The van der Waals surface area contributed by atoms with Crippen molar-refractivity contribution >= 4 is 29.2 Å². The smallest absolute Gasteiger partial charge is 0.393 e. The molecule has 26 heavy (non-hydrogen) atoms. The molecule has 3 rings (SSSR count). The van der Waals surface area contributed by atoms with E-state index >= 15 is 0 Å². The number of rotatable bonds is 3. The highest BCUT2D eigenvalue weighted by Gasteiger charge is 2.55. The third kappa shape index (κ3) is 3.37. The van der Waals surface area contributed by atoms with Crippen LogP contribution >= 0.6 is 11.6 Å². The maximum absolute atomic E-state index is 13.3. The second-order valence-corrected chi connectivity index (χ2v) is 6.85. The number of carboxylic acids is 1. The van der Waals surface area contributed by atoms with Gasteiger partial charge in [-0.2, -0.15) is 13.2 Å². The summed E-state index contributed by atoms with van der Waals surface area (Å²) in [6, 6.07) is 2.91. The summed E-state index contributed by atoms with van der Waals surface area (Å²) in [5, 5.41) is 8.92. The molecule has 2 saturated heterocycles. The van der Waals surface area contributed by atoms with Gasteiger partial charge < -0.3 is 10.0 Å². The highest BCUT2D eigenvalue weighted by molar-refractivity contribution is 6.31. The Kier molecular flexibility index (Phi) is 4.87. The van der Waals surface area contributed by atoms with Crippen molar-refractivity contribution in [2.45, 2.75) is 18.6 Å². The summed E-state index contributed by atoms with van der Waals surface area (Å²) in [5.41, 5.74) is 0.352. The Labute approximate surface area is 151 Å². The minimum atomic E-state index is -4.65. The lowest BCUT2D eigenvalue weighted by molar-refractivity contribution is -0.188. The fourth-order valence-corrected chi connectivity index (χ4v) is 3.76. The number of carbonyl (C=O) groups excluding carboxylic acids is 1. The van der Waals surface area contributed by atoms with Crippen molar-refractivity contribution in [3.8, 4) is 0 Å². The second kappa shape index (κ2) is 6.70. The molecule has 0 saturated carbocycles. The minimum Gasteiger partial charge on any atom is -0.481 e. The molecule has 1 amide bonds. The first-order valence-electron chi connectivity index (χ1n) is 7.89. The number of amides is 1. The lowest BCUT2D eigenvalue weighted by Crippen LogP contribution is -2.41. The van der Waals surface area contributed by atoms with E-state index in [-0.39, 0.29) is 24.5 Å². The first kappa shape index (κ1) is 18.9. The average molecular weight is 395 g/mol. The number of carbonyl (C=O) groups is 2. The van der Waals surface area contributed by atoms with Gasteiger partial charge >= 0.3 is 12.1 Å². The van der Waals surface area contributed by atoms with Crippen LogP contribution in [0.2, 0.25) is 5.02 Å². The van der Waals surface area contributed by atoms with Crippen LogP contribution in [0.4, 0.5) is 23.2 Å². The number of aliphatic carboxylic acids is 1. The number of alkyl halides is 3.